The van der Waals surface area contributed by atoms with Crippen LogP contribution >= 0.6 is 24.0 Å². The van der Waals surface area contributed by atoms with Gasteiger partial charge in [0.25, 0.3) is 5.91 Å². The molecule has 0 spiro atoms. The first kappa shape index (κ1) is 19.1. The largest absolute Gasteiger partial charge is 0.465 e. The van der Waals surface area contributed by atoms with Crippen molar-refractivity contribution in [2.24, 2.45) is 0 Å². The Balaban J connectivity index is 1.83. The third kappa shape index (κ3) is 4.04. The number of nitrogens with zero attached hydrogens (tertiary/aromatic N) is 2. The van der Waals surface area contributed by atoms with E-state index in [2.05, 4.69) is 4.74 Å². The predicted octanol–water partition coefficient (Wildman–Crippen LogP) is 3.95. The van der Waals surface area contributed by atoms with Crippen LogP contribution in [-0.4, -0.2) is 37.4 Å². The van der Waals surface area contributed by atoms with Gasteiger partial charge >= 0.3 is 5.97 Å². The third-order valence-corrected chi connectivity index (χ3v) is 5.35. The van der Waals surface area contributed by atoms with Gasteiger partial charge < -0.3 is 9.64 Å². The number of thioether (sulfide) groups is 1. The molecule has 1 aliphatic rings. The quantitative estimate of drug-likeness (QED) is 0.442. The number of esters is 1. The SMILES string of the molecule is COC(=O)c1ccc(/C=C2/SC(=S)N(c3ccc(N(C)C)cc3)C2=O)cc1. The summed E-state index contributed by atoms with van der Waals surface area (Å²) >= 11 is 6.67. The topological polar surface area (TPSA) is 49.9 Å². The van der Waals surface area contributed by atoms with Gasteiger partial charge in [0.2, 0.25) is 0 Å². The molecule has 0 saturated carbocycles. The molecule has 27 heavy (non-hydrogen) atoms. The van der Waals surface area contributed by atoms with Gasteiger partial charge in [-0.2, -0.15) is 0 Å². The second-order valence-electron chi connectivity index (χ2n) is 6.04. The molecular formula is C20H18N2O3S2. The van der Waals surface area contributed by atoms with Gasteiger partial charge in [-0.3, -0.25) is 9.69 Å². The van der Waals surface area contributed by atoms with Gasteiger partial charge in [-0.15, -0.1) is 0 Å². The lowest BCUT2D eigenvalue weighted by atomic mass is 10.1. The number of amides is 1. The molecule has 2 aromatic rings. The molecule has 0 aliphatic carbocycles. The van der Waals surface area contributed by atoms with E-state index in [-0.39, 0.29) is 5.91 Å². The highest BCUT2D eigenvalue weighted by atomic mass is 32.2. The molecule has 1 aliphatic heterocycles. The van der Waals surface area contributed by atoms with E-state index in [4.69, 9.17) is 12.2 Å². The van der Waals surface area contributed by atoms with Crippen molar-refractivity contribution in [2.75, 3.05) is 31.0 Å². The number of carbonyl (C=O) groups excluding carboxylic acids is 2. The average Bonchev–Trinajstić information content (AvgIpc) is 2.95. The van der Waals surface area contributed by atoms with E-state index in [0.29, 0.717) is 14.8 Å². The summed E-state index contributed by atoms with van der Waals surface area (Å²) in [6.07, 6.45) is 1.77. The molecule has 1 heterocycles. The molecule has 1 amide bonds. The smallest absolute Gasteiger partial charge is 0.337 e. The Bertz CT molecular complexity index is 919. The van der Waals surface area contributed by atoms with Crippen LogP contribution in [0.3, 0.4) is 0 Å². The molecule has 2 aromatic carbocycles. The highest BCUT2D eigenvalue weighted by Crippen LogP contribution is 2.36. The second kappa shape index (κ2) is 7.94. The Labute approximate surface area is 167 Å². The van der Waals surface area contributed by atoms with E-state index in [1.165, 1.54) is 23.8 Å². The molecule has 3 rings (SSSR count). The number of thiocarbonyl (C=S) groups is 1. The van der Waals surface area contributed by atoms with E-state index < -0.39 is 5.97 Å². The molecule has 0 radical (unpaired) electrons. The Morgan fingerprint density at radius 3 is 2.30 bits per heavy atom. The number of benzene rings is 2. The number of anilines is 2. The van der Waals surface area contributed by atoms with Crippen LogP contribution < -0.4 is 9.80 Å². The first-order valence-corrected chi connectivity index (χ1v) is 9.37. The number of ether oxygens (including phenoxy) is 1. The lowest BCUT2D eigenvalue weighted by molar-refractivity contribution is -0.113. The fraction of sp³-hybridized carbons (Fsp3) is 0.150. The maximum atomic E-state index is 12.8. The Morgan fingerprint density at radius 2 is 1.74 bits per heavy atom. The van der Waals surface area contributed by atoms with Crippen LogP contribution in [0.4, 0.5) is 11.4 Å². The molecule has 1 fully saturated rings. The van der Waals surface area contributed by atoms with Crippen molar-refractivity contribution in [1.29, 1.82) is 0 Å². The predicted molar refractivity (Wildman–Crippen MR) is 114 cm³/mol. The van der Waals surface area contributed by atoms with Gasteiger partial charge in [0, 0.05) is 19.8 Å². The van der Waals surface area contributed by atoms with E-state index in [1.54, 1.807) is 30.3 Å². The fourth-order valence-corrected chi connectivity index (χ4v) is 3.87. The summed E-state index contributed by atoms with van der Waals surface area (Å²) in [5.41, 5.74) is 3.06. The van der Waals surface area contributed by atoms with E-state index >= 15 is 0 Å². The number of hydrogen-bond acceptors (Lipinski definition) is 6. The fourth-order valence-electron chi connectivity index (χ4n) is 2.57. The molecule has 0 N–H and O–H groups in total. The maximum absolute atomic E-state index is 12.8. The highest BCUT2D eigenvalue weighted by Gasteiger charge is 2.33. The highest BCUT2D eigenvalue weighted by molar-refractivity contribution is 8.27. The number of methoxy groups -OCH3 is 1. The summed E-state index contributed by atoms with van der Waals surface area (Å²) in [6, 6.07) is 14.5. The minimum absolute atomic E-state index is 0.153. The zero-order chi connectivity index (χ0) is 19.6. The molecule has 0 atom stereocenters. The van der Waals surface area contributed by atoms with Gasteiger partial charge in [0.05, 0.1) is 23.3 Å². The van der Waals surface area contributed by atoms with Crippen molar-refractivity contribution in [3.63, 3.8) is 0 Å². The minimum Gasteiger partial charge on any atom is -0.465 e. The monoisotopic (exact) mass is 398 g/mol. The zero-order valence-electron chi connectivity index (χ0n) is 15.1. The summed E-state index contributed by atoms with van der Waals surface area (Å²) in [4.78, 5) is 28.4. The molecule has 0 bridgehead atoms. The third-order valence-electron chi connectivity index (χ3n) is 4.05. The molecule has 1 saturated heterocycles. The van der Waals surface area contributed by atoms with Crippen LogP contribution in [0.15, 0.2) is 53.4 Å². The Hall–Kier alpha value is -2.64. The van der Waals surface area contributed by atoms with E-state index in [9.17, 15) is 9.59 Å². The molecule has 138 valence electrons. The van der Waals surface area contributed by atoms with Gasteiger partial charge in [0.15, 0.2) is 4.32 Å². The normalized spacial score (nSPS) is 15.4. The number of carbonyl (C=O) groups is 2. The first-order valence-electron chi connectivity index (χ1n) is 8.14. The van der Waals surface area contributed by atoms with E-state index in [0.717, 1.165) is 16.9 Å². The lowest BCUT2D eigenvalue weighted by Gasteiger charge is -2.17. The minimum atomic E-state index is -0.394. The standard InChI is InChI=1S/C20H18N2O3S2/c1-21(2)15-8-10-16(11-9-15)22-18(23)17(27-20(22)26)12-13-4-6-14(7-5-13)19(24)25-3/h4-12H,1-3H3/b17-12+. The van der Waals surface area contributed by atoms with Crippen molar-refractivity contribution in [3.05, 3.63) is 64.6 Å². The van der Waals surface area contributed by atoms with E-state index in [1.807, 2.05) is 43.3 Å². The van der Waals surface area contributed by atoms with Crippen LogP contribution in [0.1, 0.15) is 15.9 Å². The number of rotatable bonds is 4. The Kier molecular flexibility index (Phi) is 5.62. The van der Waals surface area contributed by atoms with Gasteiger partial charge in [0.1, 0.15) is 0 Å². The summed E-state index contributed by atoms with van der Waals surface area (Å²) < 4.78 is 5.18. The first-order chi connectivity index (χ1) is 12.9. The number of hydrogen-bond donors (Lipinski definition) is 0. The molecule has 0 unspecified atom stereocenters. The van der Waals surface area contributed by atoms with Crippen LogP contribution in [0.5, 0.6) is 0 Å². The summed E-state index contributed by atoms with van der Waals surface area (Å²) in [5, 5.41) is 0. The molecule has 0 aromatic heterocycles. The van der Waals surface area contributed by atoms with Crippen molar-refractivity contribution >= 4 is 57.6 Å². The molecular weight excluding hydrogens is 380 g/mol. The van der Waals surface area contributed by atoms with Crippen LogP contribution in [0, 0.1) is 0 Å². The van der Waals surface area contributed by atoms with Crippen LogP contribution in [0.25, 0.3) is 6.08 Å². The van der Waals surface area contributed by atoms with Gasteiger partial charge in [-0.1, -0.05) is 36.1 Å². The van der Waals surface area contributed by atoms with Crippen molar-refractivity contribution in [2.45, 2.75) is 0 Å². The average molecular weight is 399 g/mol. The van der Waals surface area contributed by atoms with Gasteiger partial charge in [-0.25, -0.2) is 4.79 Å². The summed E-state index contributed by atoms with van der Waals surface area (Å²) in [7, 11) is 5.26. The summed E-state index contributed by atoms with van der Waals surface area (Å²) in [6.45, 7) is 0. The van der Waals surface area contributed by atoms with Crippen LogP contribution in [-0.2, 0) is 9.53 Å². The lowest BCUT2D eigenvalue weighted by Crippen LogP contribution is -2.27. The molecule has 7 heteroatoms. The van der Waals surface area contributed by atoms with Crippen LogP contribution in [0.2, 0.25) is 0 Å². The summed E-state index contributed by atoms with van der Waals surface area (Å²) in [5.74, 6) is -0.548. The maximum Gasteiger partial charge on any atom is 0.337 e. The zero-order valence-corrected chi connectivity index (χ0v) is 16.8. The van der Waals surface area contributed by atoms with Crippen molar-refractivity contribution in [1.82, 2.24) is 0 Å². The van der Waals surface area contributed by atoms with Crippen molar-refractivity contribution in [3.8, 4) is 0 Å². The molecule has 5 nitrogen and oxygen atoms in total. The second-order valence-corrected chi connectivity index (χ2v) is 7.72. The van der Waals surface area contributed by atoms with Crippen molar-refractivity contribution < 1.29 is 14.3 Å². The van der Waals surface area contributed by atoms with Gasteiger partial charge in [-0.05, 0) is 48.0 Å². The Morgan fingerprint density at radius 1 is 1.11 bits per heavy atom.